The minimum Gasteiger partial charge on any atom is -0.491 e. The second-order valence-corrected chi connectivity index (χ2v) is 14.0. The molecule has 1 amide bonds. The number of pyridine rings is 1. The van der Waals surface area contributed by atoms with Crippen LogP contribution in [0.4, 0.5) is 11.4 Å². The van der Waals surface area contributed by atoms with Crippen molar-refractivity contribution in [1.29, 1.82) is 0 Å². The quantitative estimate of drug-likeness (QED) is 0.117. The minimum absolute atomic E-state index is 0.175. The molecule has 2 aromatic carbocycles. The summed E-state index contributed by atoms with van der Waals surface area (Å²) < 4.78 is 26.4. The van der Waals surface area contributed by atoms with Crippen molar-refractivity contribution in [3.8, 4) is 16.9 Å². The molecule has 0 saturated heterocycles. The molecule has 1 N–H and O–H groups in total. The normalized spacial score (nSPS) is 13.5. The van der Waals surface area contributed by atoms with Crippen LogP contribution in [-0.4, -0.2) is 62.8 Å². The van der Waals surface area contributed by atoms with Crippen LogP contribution in [0.25, 0.3) is 17.2 Å². The minimum atomic E-state index is -1.39. The average molecular weight is 685 g/mol. The fourth-order valence-corrected chi connectivity index (χ4v) is 6.70. The first-order chi connectivity index (χ1) is 23.8. The van der Waals surface area contributed by atoms with Gasteiger partial charge < -0.3 is 24.3 Å². The Morgan fingerprint density at radius 1 is 1.00 bits per heavy atom. The standard InChI is InChI=1S/C38H48N6O4S/c1-5-7-19-47-20-21-48-34-12-8-29(9-13-34)30-10-14-35-32(22-30)23-31(16-18-43(35)25-28(3)4)38(45)41-33-11-15-37(39-24-33)49(46)26-36-42-40-27-44(36)17-6-2/h8-15,22-24,27-28H,5-7,16-21,25-26H2,1-4H3,(H,41,45). The maximum atomic E-state index is 13.6. The summed E-state index contributed by atoms with van der Waals surface area (Å²) in [7, 11) is -1.39. The highest BCUT2D eigenvalue weighted by Gasteiger charge is 2.21. The molecule has 3 heterocycles. The molecule has 0 radical (unpaired) electrons. The number of aromatic nitrogens is 4. The van der Waals surface area contributed by atoms with Crippen molar-refractivity contribution >= 4 is 34.2 Å². The monoisotopic (exact) mass is 684 g/mol. The molecule has 2 aromatic heterocycles. The fraction of sp³-hybridized carbons (Fsp3) is 0.421. The zero-order valence-corrected chi connectivity index (χ0v) is 29.9. The third kappa shape index (κ3) is 10.1. The van der Waals surface area contributed by atoms with Crippen molar-refractivity contribution in [1.82, 2.24) is 19.7 Å². The number of carbonyl (C=O) groups excluding carboxylic acids is 1. The zero-order valence-electron chi connectivity index (χ0n) is 29.1. The van der Waals surface area contributed by atoms with Crippen LogP contribution >= 0.6 is 0 Å². The van der Waals surface area contributed by atoms with E-state index in [0.29, 0.717) is 47.7 Å². The number of hydrogen-bond acceptors (Lipinski definition) is 8. The molecule has 1 atom stereocenters. The number of unbranched alkanes of at least 4 members (excludes halogenated alkanes) is 1. The lowest BCUT2D eigenvalue weighted by Crippen LogP contribution is -2.29. The number of amides is 1. The van der Waals surface area contributed by atoms with E-state index in [1.54, 1.807) is 24.7 Å². The van der Waals surface area contributed by atoms with Crippen LogP contribution in [0.15, 0.2) is 77.7 Å². The van der Waals surface area contributed by atoms with E-state index in [2.05, 4.69) is 83.4 Å². The van der Waals surface area contributed by atoms with Gasteiger partial charge in [-0.2, -0.15) is 0 Å². The zero-order chi connectivity index (χ0) is 34.6. The van der Waals surface area contributed by atoms with Gasteiger partial charge in [0.2, 0.25) is 0 Å². The Morgan fingerprint density at radius 2 is 1.82 bits per heavy atom. The van der Waals surface area contributed by atoms with Crippen molar-refractivity contribution in [2.75, 3.05) is 43.1 Å². The van der Waals surface area contributed by atoms with Crippen LogP contribution in [0.1, 0.15) is 64.8 Å². The van der Waals surface area contributed by atoms with Crippen molar-refractivity contribution in [2.24, 2.45) is 5.92 Å². The summed E-state index contributed by atoms with van der Waals surface area (Å²) in [5.41, 5.74) is 5.50. The van der Waals surface area contributed by atoms with Crippen LogP contribution in [-0.2, 0) is 32.6 Å². The second-order valence-electron chi connectivity index (χ2n) is 12.6. The largest absolute Gasteiger partial charge is 0.491 e. The predicted molar refractivity (Wildman–Crippen MR) is 196 cm³/mol. The number of carbonyl (C=O) groups is 1. The molecule has 4 aromatic rings. The highest BCUT2D eigenvalue weighted by Crippen LogP contribution is 2.34. The number of fused-ring (bicyclic) bond motifs is 1. The van der Waals surface area contributed by atoms with E-state index in [1.165, 1.54) is 0 Å². The summed E-state index contributed by atoms with van der Waals surface area (Å²) in [6, 6.07) is 18.0. The van der Waals surface area contributed by atoms with Crippen LogP contribution in [0.2, 0.25) is 0 Å². The highest BCUT2D eigenvalue weighted by atomic mass is 32.2. The van der Waals surface area contributed by atoms with E-state index >= 15 is 0 Å². The summed E-state index contributed by atoms with van der Waals surface area (Å²) in [6.07, 6.45) is 8.95. The number of ether oxygens (including phenoxy) is 2. The Bertz CT molecular complexity index is 1720. The maximum Gasteiger partial charge on any atom is 0.251 e. The van der Waals surface area contributed by atoms with Crippen molar-refractivity contribution in [3.05, 3.63) is 84.1 Å². The molecule has 0 fully saturated rings. The summed E-state index contributed by atoms with van der Waals surface area (Å²) in [5, 5.41) is 11.5. The molecule has 1 aliphatic rings. The van der Waals surface area contributed by atoms with Crippen molar-refractivity contribution in [2.45, 2.75) is 70.7 Å². The Kier molecular flexibility index (Phi) is 13.1. The molecular formula is C38H48N6O4S. The molecule has 1 aliphatic heterocycles. The molecule has 11 heteroatoms. The lowest BCUT2D eigenvalue weighted by atomic mass is 10.00. The molecule has 0 saturated carbocycles. The van der Waals surface area contributed by atoms with E-state index < -0.39 is 10.8 Å². The van der Waals surface area contributed by atoms with Gasteiger partial charge in [0, 0.05) is 37.5 Å². The molecule has 1 unspecified atom stereocenters. The Morgan fingerprint density at radius 3 is 2.55 bits per heavy atom. The van der Waals surface area contributed by atoms with Crippen molar-refractivity contribution in [3.63, 3.8) is 0 Å². The number of aryl methyl sites for hydroxylation is 1. The molecule has 0 aliphatic carbocycles. The maximum absolute atomic E-state index is 13.6. The van der Waals surface area contributed by atoms with Gasteiger partial charge in [0.15, 0.2) is 0 Å². The predicted octanol–water partition coefficient (Wildman–Crippen LogP) is 7.14. The van der Waals surface area contributed by atoms with E-state index in [0.717, 1.165) is 73.6 Å². The highest BCUT2D eigenvalue weighted by molar-refractivity contribution is 7.84. The van der Waals surface area contributed by atoms with Gasteiger partial charge in [-0.3, -0.25) is 9.00 Å². The van der Waals surface area contributed by atoms with E-state index in [-0.39, 0.29) is 11.7 Å². The molecule has 0 spiro atoms. The second kappa shape index (κ2) is 17.9. The number of hydrogen-bond donors (Lipinski definition) is 1. The molecule has 0 bridgehead atoms. The van der Waals surface area contributed by atoms with Crippen LogP contribution in [0.3, 0.4) is 0 Å². The summed E-state index contributed by atoms with van der Waals surface area (Å²) >= 11 is 0. The molecular weight excluding hydrogens is 637 g/mol. The summed E-state index contributed by atoms with van der Waals surface area (Å²) in [5.74, 6) is 1.99. The average Bonchev–Trinajstić information content (AvgIpc) is 3.45. The van der Waals surface area contributed by atoms with Gasteiger partial charge in [-0.25, -0.2) is 4.98 Å². The molecule has 49 heavy (non-hydrogen) atoms. The van der Waals surface area contributed by atoms with Crippen LogP contribution in [0, 0.1) is 5.92 Å². The number of nitrogens with one attached hydrogen (secondary N) is 1. The summed E-state index contributed by atoms with van der Waals surface area (Å²) in [6.45, 7) is 12.9. The van der Waals surface area contributed by atoms with Gasteiger partial charge in [0.05, 0.1) is 35.0 Å². The van der Waals surface area contributed by atoms with E-state index in [1.807, 2.05) is 22.8 Å². The van der Waals surface area contributed by atoms with E-state index in [4.69, 9.17) is 9.47 Å². The van der Waals surface area contributed by atoms with Gasteiger partial charge >= 0.3 is 0 Å². The Balaban J connectivity index is 1.28. The lowest BCUT2D eigenvalue weighted by molar-refractivity contribution is -0.112. The SMILES string of the molecule is CCCCOCCOc1ccc(-c2ccc3c(c2)C=C(C(=O)Nc2ccc(S(=O)Cc4nncn4CCC)nc2)CCN3CC(C)C)cc1. The third-order valence-corrected chi connectivity index (χ3v) is 9.43. The topological polar surface area (TPSA) is 111 Å². The first kappa shape index (κ1) is 35.9. The van der Waals surface area contributed by atoms with Gasteiger partial charge in [0.25, 0.3) is 5.91 Å². The smallest absolute Gasteiger partial charge is 0.251 e. The van der Waals surface area contributed by atoms with Gasteiger partial charge in [0.1, 0.15) is 29.5 Å². The Hall–Kier alpha value is -4.35. The number of anilines is 2. The van der Waals surface area contributed by atoms with E-state index in [9.17, 15) is 9.00 Å². The lowest BCUT2D eigenvalue weighted by Gasteiger charge is -2.27. The van der Waals surface area contributed by atoms with Gasteiger partial charge in [-0.15, -0.1) is 10.2 Å². The fourth-order valence-electron chi connectivity index (χ4n) is 5.70. The van der Waals surface area contributed by atoms with Gasteiger partial charge in [-0.05, 0) is 84.3 Å². The molecule has 5 rings (SSSR count). The van der Waals surface area contributed by atoms with Crippen molar-refractivity contribution < 1.29 is 18.5 Å². The third-order valence-electron chi connectivity index (χ3n) is 8.20. The first-order valence-electron chi connectivity index (χ1n) is 17.3. The first-order valence-corrected chi connectivity index (χ1v) is 18.6. The van der Waals surface area contributed by atoms with Crippen LogP contribution < -0.4 is 15.0 Å². The van der Waals surface area contributed by atoms with Gasteiger partial charge in [-0.1, -0.05) is 52.3 Å². The number of benzene rings is 2. The number of nitrogens with zero attached hydrogens (tertiary/aromatic N) is 5. The number of rotatable bonds is 17. The van der Waals surface area contributed by atoms with Crippen LogP contribution in [0.5, 0.6) is 5.75 Å². The molecule has 10 nitrogen and oxygen atoms in total. The summed E-state index contributed by atoms with van der Waals surface area (Å²) in [4.78, 5) is 20.4. The molecule has 260 valence electrons. The Labute approximate surface area is 292 Å².